The molecule has 2 radical (unpaired) electrons. The molecule has 0 saturated heterocycles. The summed E-state index contributed by atoms with van der Waals surface area (Å²) in [6.07, 6.45) is 11.3. The molecule has 0 aliphatic heterocycles. The molecular weight excluding hydrogens is 172 g/mol. The van der Waals surface area contributed by atoms with Gasteiger partial charge < -0.3 is 0 Å². The van der Waals surface area contributed by atoms with Crippen LogP contribution in [0.5, 0.6) is 0 Å². The van der Waals surface area contributed by atoms with Crippen molar-refractivity contribution in [2.45, 2.75) is 12.8 Å². The van der Waals surface area contributed by atoms with E-state index in [0.717, 1.165) is 24.0 Å². The van der Waals surface area contributed by atoms with Gasteiger partial charge in [-0.1, -0.05) is 12.1 Å². The van der Waals surface area contributed by atoms with Gasteiger partial charge in [0.05, 0.1) is 12.4 Å². The number of hydrogen-bond acceptors (Lipinski definition) is 2. The molecule has 2 rings (SSSR count). The molecule has 0 atom stereocenters. The molecule has 0 aromatic carbocycles. The lowest BCUT2D eigenvalue weighted by Gasteiger charge is -1.99. The first-order valence-corrected chi connectivity index (χ1v) is 4.58. The Morgan fingerprint density at radius 1 is 0.857 bits per heavy atom. The van der Waals surface area contributed by atoms with Gasteiger partial charge in [-0.15, -0.1) is 0 Å². The van der Waals surface area contributed by atoms with E-state index in [1.165, 1.54) is 0 Å². The van der Waals surface area contributed by atoms with Gasteiger partial charge in [0.2, 0.25) is 0 Å². The second-order valence-electron chi connectivity index (χ2n) is 3.05. The highest BCUT2D eigenvalue weighted by atomic mass is 14.6. The van der Waals surface area contributed by atoms with Crippen molar-refractivity contribution >= 4 is 0 Å². The molecule has 0 fully saturated rings. The Labute approximate surface area is 83.7 Å². The Kier molecular flexibility index (Phi) is 2.86. The Hall–Kier alpha value is -1.70. The third-order valence-electron chi connectivity index (χ3n) is 2.00. The maximum atomic E-state index is 3.95. The number of aryl methyl sites for hydroxylation is 2. The maximum absolute atomic E-state index is 3.95. The lowest BCUT2D eigenvalue weighted by Crippen LogP contribution is -1.92. The molecule has 2 heterocycles. The van der Waals surface area contributed by atoms with E-state index < -0.39 is 0 Å². The molecule has 0 amide bonds. The second-order valence-corrected chi connectivity index (χ2v) is 3.05. The van der Waals surface area contributed by atoms with Gasteiger partial charge in [0.25, 0.3) is 0 Å². The van der Waals surface area contributed by atoms with E-state index in [1.807, 2.05) is 24.3 Å². The fourth-order valence-corrected chi connectivity index (χ4v) is 1.27. The van der Waals surface area contributed by atoms with Crippen molar-refractivity contribution in [3.8, 4) is 0 Å². The largest absolute Gasteiger partial charge is 0.254 e. The van der Waals surface area contributed by atoms with Crippen LogP contribution in [0.4, 0.5) is 0 Å². The van der Waals surface area contributed by atoms with Crippen molar-refractivity contribution in [3.63, 3.8) is 0 Å². The van der Waals surface area contributed by atoms with Gasteiger partial charge in [0.1, 0.15) is 0 Å². The predicted octanol–water partition coefficient (Wildman–Crippen LogP) is 1.86. The summed E-state index contributed by atoms with van der Waals surface area (Å²) in [5.74, 6) is 0. The summed E-state index contributed by atoms with van der Waals surface area (Å²) in [5, 5.41) is 0. The average Bonchev–Trinajstić information content (AvgIpc) is 2.29. The predicted molar refractivity (Wildman–Crippen MR) is 53.6 cm³/mol. The normalized spacial score (nSPS) is 10.0. The molecule has 0 aliphatic carbocycles. The standard InChI is InChI=1S/C12H10N2/c1-3-11(9-13-7-1)5-6-12-4-2-8-14-10-12/h1-4,7-8H,5-6H2. The van der Waals surface area contributed by atoms with Crippen LogP contribution in [0.1, 0.15) is 11.1 Å². The van der Waals surface area contributed by atoms with Crippen molar-refractivity contribution < 1.29 is 0 Å². The summed E-state index contributed by atoms with van der Waals surface area (Å²) in [6.45, 7) is 0. The zero-order valence-corrected chi connectivity index (χ0v) is 7.77. The van der Waals surface area contributed by atoms with Crippen LogP contribution in [0, 0.1) is 12.4 Å². The van der Waals surface area contributed by atoms with Crippen LogP contribution < -0.4 is 0 Å². The molecule has 0 aliphatic rings. The first-order chi connectivity index (χ1) is 6.95. The summed E-state index contributed by atoms with van der Waals surface area (Å²) in [5.41, 5.74) is 2.26. The van der Waals surface area contributed by atoms with Crippen LogP contribution in [0.15, 0.2) is 36.7 Å². The minimum absolute atomic E-state index is 0.941. The van der Waals surface area contributed by atoms with Crippen LogP contribution in [-0.2, 0) is 12.8 Å². The molecule has 2 nitrogen and oxygen atoms in total. The Balaban J connectivity index is 1.96. The minimum Gasteiger partial charge on any atom is -0.254 e. The van der Waals surface area contributed by atoms with Crippen LogP contribution in [0.3, 0.4) is 0 Å². The van der Waals surface area contributed by atoms with E-state index in [2.05, 4.69) is 22.4 Å². The average molecular weight is 182 g/mol. The van der Waals surface area contributed by atoms with E-state index in [1.54, 1.807) is 12.4 Å². The highest BCUT2D eigenvalue weighted by Gasteiger charge is 1.95. The highest BCUT2D eigenvalue weighted by Crippen LogP contribution is 2.03. The van der Waals surface area contributed by atoms with Crippen molar-refractivity contribution in [2.75, 3.05) is 0 Å². The van der Waals surface area contributed by atoms with E-state index in [4.69, 9.17) is 0 Å². The second kappa shape index (κ2) is 4.51. The maximum Gasteiger partial charge on any atom is 0.0920 e. The van der Waals surface area contributed by atoms with Crippen LogP contribution >= 0.6 is 0 Å². The van der Waals surface area contributed by atoms with Gasteiger partial charge in [0, 0.05) is 12.4 Å². The third kappa shape index (κ3) is 2.39. The summed E-state index contributed by atoms with van der Waals surface area (Å²) in [6, 6.07) is 7.92. The molecule has 0 unspecified atom stereocenters. The van der Waals surface area contributed by atoms with E-state index >= 15 is 0 Å². The Morgan fingerprint density at radius 2 is 1.36 bits per heavy atom. The molecule has 2 aromatic heterocycles. The monoisotopic (exact) mass is 182 g/mol. The quantitative estimate of drug-likeness (QED) is 0.724. The lowest BCUT2D eigenvalue weighted by molar-refractivity contribution is 0.935. The highest BCUT2D eigenvalue weighted by molar-refractivity contribution is 5.13. The van der Waals surface area contributed by atoms with Gasteiger partial charge in [-0.2, -0.15) is 0 Å². The first-order valence-electron chi connectivity index (χ1n) is 4.58. The van der Waals surface area contributed by atoms with E-state index in [-0.39, 0.29) is 0 Å². The minimum atomic E-state index is 0.941. The molecule has 0 saturated carbocycles. The molecule has 2 aromatic rings. The van der Waals surface area contributed by atoms with Gasteiger partial charge in [-0.05, 0) is 36.1 Å². The van der Waals surface area contributed by atoms with Crippen LogP contribution in [0.25, 0.3) is 0 Å². The molecule has 0 N–H and O–H groups in total. The molecule has 0 bridgehead atoms. The molecule has 14 heavy (non-hydrogen) atoms. The van der Waals surface area contributed by atoms with Gasteiger partial charge in [-0.25, -0.2) is 0 Å². The fraction of sp³-hybridized carbons (Fsp3) is 0.167. The fourth-order valence-electron chi connectivity index (χ4n) is 1.27. The smallest absolute Gasteiger partial charge is 0.0920 e. The van der Waals surface area contributed by atoms with Crippen molar-refractivity contribution in [1.82, 2.24) is 9.97 Å². The van der Waals surface area contributed by atoms with Crippen LogP contribution in [-0.4, -0.2) is 9.97 Å². The molecule has 68 valence electrons. The molecule has 0 spiro atoms. The van der Waals surface area contributed by atoms with Crippen molar-refractivity contribution in [3.05, 3.63) is 60.2 Å². The zero-order valence-electron chi connectivity index (χ0n) is 7.77. The van der Waals surface area contributed by atoms with Gasteiger partial charge in [0.15, 0.2) is 0 Å². The number of aromatic nitrogens is 2. The Morgan fingerprint density at radius 3 is 1.71 bits per heavy atom. The lowest BCUT2D eigenvalue weighted by atomic mass is 10.1. The number of pyridine rings is 2. The number of rotatable bonds is 3. The third-order valence-corrected chi connectivity index (χ3v) is 2.00. The number of hydrogen-bond donors (Lipinski definition) is 0. The van der Waals surface area contributed by atoms with Crippen LogP contribution in [0.2, 0.25) is 0 Å². The molecule has 2 heteroatoms. The summed E-state index contributed by atoms with van der Waals surface area (Å²) in [7, 11) is 0. The van der Waals surface area contributed by atoms with Gasteiger partial charge >= 0.3 is 0 Å². The SMILES string of the molecule is [c]1ncccc1CCc1[c]nccc1. The summed E-state index contributed by atoms with van der Waals surface area (Å²) in [4.78, 5) is 7.89. The number of nitrogens with zero attached hydrogens (tertiary/aromatic N) is 2. The first kappa shape index (κ1) is 8.88. The van der Waals surface area contributed by atoms with Crippen molar-refractivity contribution in [1.29, 1.82) is 0 Å². The van der Waals surface area contributed by atoms with E-state index in [9.17, 15) is 0 Å². The van der Waals surface area contributed by atoms with Gasteiger partial charge in [-0.3, -0.25) is 9.97 Å². The van der Waals surface area contributed by atoms with Crippen molar-refractivity contribution in [2.24, 2.45) is 0 Å². The molecular formula is C12H10N2. The topological polar surface area (TPSA) is 25.8 Å². The summed E-state index contributed by atoms with van der Waals surface area (Å²) < 4.78 is 0. The summed E-state index contributed by atoms with van der Waals surface area (Å²) >= 11 is 0. The zero-order chi connectivity index (χ0) is 9.64. The van der Waals surface area contributed by atoms with E-state index in [0.29, 0.717) is 0 Å². The Bertz CT molecular complexity index is 331.